The van der Waals surface area contributed by atoms with Gasteiger partial charge in [0, 0.05) is 12.2 Å². The quantitative estimate of drug-likeness (QED) is 0.833. The van der Waals surface area contributed by atoms with Gasteiger partial charge in [-0.25, -0.2) is 0 Å². The summed E-state index contributed by atoms with van der Waals surface area (Å²) in [5, 5.41) is 11.5. The topological polar surface area (TPSA) is 74.6 Å². The number of fused-ring (bicyclic) bond motifs is 1. The van der Waals surface area contributed by atoms with Crippen LogP contribution in [0.4, 0.5) is 0 Å². The fourth-order valence-corrected chi connectivity index (χ4v) is 5.60. The van der Waals surface area contributed by atoms with Crippen LogP contribution < -0.4 is 0 Å². The van der Waals surface area contributed by atoms with E-state index in [1.165, 1.54) is 0 Å². The number of hydrogen-bond acceptors (Lipinski definition) is 4. The summed E-state index contributed by atoms with van der Waals surface area (Å²) in [5.41, 5.74) is 0.541. The molecule has 1 fully saturated rings. The van der Waals surface area contributed by atoms with Gasteiger partial charge in [-0.3, -0.25) is 4.55 Å². The molecule has 2 unspecified atom stereocenters. The maximum atomic E-state index is 12.0. The molecule has 0 bridgehead atoms. The van der Waals surface area contributed by atoms with Crippen LogP contribution in [0.5, 0.6) is 0 Å². The lowest BCUT2D eigenvalue weighted by atomic mass is 9.99. The van der Waals surface area contributed by atoms with Crippen LogP contribution in [-0.2, 0) is 14.2 Å². The molecule has 1 heterocycles. The number of rotatable bonds is 2. The molecule has 2 aromatic rings. The van der Waals surface area contributed by atoms with Gasteiger partial charge in [0.1, 0.15) is 0 Å². The van der Waals surface area contributed by atoms with E-state index in [-0.39, 0.29) is 6.42 Å². The molecule has 0 saturated carbocycles. The van der Waals surface area contributed by atoms with Crippen LogP contribution in [0.15, 0.2) is 42.5 Å². The average molecular weight is 310 g/mol. The summed E-state index contributed by atoms with van der Waals surface area (Å²) < 4.78 is 32.2. The van der Waals surface area contributed by atoms with Gasteiger partial charge >= 0.3 is 0 Å². The summed E-state index contributed by atoms with van der Waals surface area (Å²) in [7, 11) is -4.34. The predicted molar refractivity (Wildman–Crippen MR) is 80.3 cm³/mol. The molecule has 0 amide bonds. The highest BCUT2D eigenvalue weighted by molar-refractivity contribution is 8.12. The van der Waals surface area contributed by atoms with Gasteiger partial charge in [-0.2, -0.15) is 8.42 Å². The smallest absolute Gasteiger partial charge is 0.284 e. The van der Waals surface area contributed by atoms with E-state index in [9.17, 15) is 18.1 Å². The first-order valence-electron chi connectivity index (χ1n) is 6.21. The Hall–Kier alpha value is -1.08. The summed E-state index contributed by atoms with van der Waals surface area (Å²) in [5.74, 6) is 0.295. The van der Waals surface area contributed by atoms with Gasteiger partial charge in [0.25, 0.3) is 10.1 Å². The molecule has 0 spiro atoms. The van der Waals surface area contributed by atoms with E-state index >= 15 is 0 Å². The van der Waals surface area contributed by atoms with Crippen LogP contribution in [0.1, 0.15) is 12.0 Å². The normalized spacial score (nSPS) is 27.0. The summed E-state index contributed by atoms with van der Waals surface area (Å²) in [6, 6.07) is 12.8. The van der Waals surface area contributed by atoms with E-state index < -0.39 is 20.3 Å². The van der Waals surface area contributed by atoms with Gasteiger partial charge in [-0.1, -0.05) is 42.5 Å². The highest BCUT2D eigenvalue weighted by atomic mass is 32.3. The molecule has 1 aliphatic rings. The van der Waals surface area contributed by atoms with Crippen LogP contribution in [0.2, 0.25) is 0 Å². The third-order valence-electron chi connectivity index (χ3n) is 3.63. The number of benzene rings is 2. The van der Waals surface area contributed by atoms with Crippen molar-refractivity contribution >= 4 is 32.7 Å². The van der Waals surface area contributed by atoms with E-state index in [1.54, 1.807) is 12.1 Å². The van der Waals surface area contributed by atoms with Crippen molar-refractivity contribution < 1.29 is 18.1 Å². The van der Waals surface area contributed by atoms with Crippen molar-refractivity contribution in [3.05, 3.63) is 48.0 Å². The van der Waals surface area contributed by atoms with Gasteiger partial charge in [0.2, 0.25) is 0 Å². The van der Waals surface area contributed by atoms with Crippen LogP contribution in [0.25, 0.3) is 10.8 Å². The van der Waals surface area contributed by atoms with Crippen molar-refractivity contribution in [2.24, 2.45) is 0 Å². The highest BCUT2D eigenvalue weighted by Crippen LogP contribution is 2.52. The zero-order valence-electron chi connectivity index (χ0n) is 10.6. The molecule has 2 N–H and O–H groups in total. The molecule has 0 aliphatic carbocycles. The second-order valence-corrected chi connectivity index (χ2v) is 8.15. The van der Waals surface area contributed by atoms with Crippen molar-refractivity contribution in [3.8, 4) is 0 Å². The van der Waals surface area contributed by atoms with Crippen LogP contribution in [-0.4, -0.2) is 29.9 Å². The molecule has 106 valence electrons. The number of aliphatic hydroxyl groups is 1. The Bertz CT molecular complexity index is 751. The van der Waals surface area contributed by atoms with Gasteiger partial charge in [-0.15, -0.1) is 11.8 Å². The molecule has 2 aromatic carbocycles. The minimum absolute atomic E-state index is 0.00447. The fourth-order valence-electron chi connectivity index (χ4n) is 2.72. The van der Waals surface area contributed by atoms with E-state index in [0.29, 0.717) is 11.3 Å². The van der Waals surface area contributed by atoms with Gasteiger partial charge < -0.3 is 5.11 Å². The predicted octanol–water partition coefficient (Wildman–Crippen LogP) is 2.38. The summed E-state index contributed by atoms with van der Waals surface area (Å²) >= 11 is 1.08. The minimum Gasteiger partial charge on any atom is -0.392 e. The van der Waals surface area contributed by atoms with E-state index in [2.05, 4.69) is 0 Å². The molecular weight excluding hydrogens is 296 g/mol. The molecule has 2 atom stereocenters. The van der Waals surface area contributed by atoms with Crippen molar-refractivity contribution in [2.75, 3.05) is 5.75 Å². The molecule has 1 aliphatic heterocycles. The van der Waals surface area contributed by atoms with E-state index in [0.717, 1.165) is 22.5 Å². The standard InChI is InChI=1S/C14H14O4S2/c15-11-8-14(19-9-11,20(16,17)18)13-7-3-5-10-4-1-2-6-12(10)13/h1-7,11,15H,8-9H2,(H,16,17,18). The number of hydrogen-bond donors (Lipinski definition) is 2. The zero-order valence-corrected chi connectivity index (χ0v) is 12.2. The lowest BCUT2D eigenvalue weighted by Crippen LogP contribution is -2.31. The Kier molecular flexibility index (Phi) is 3.29. The van der Waals surface area contributed by atoms with Crippen LogP contribution in [0, 0.1) is 0 Å². The Morgan fingerprint density at radius 1 is 1.15 bits per heavy atom. The molecular formula is C14H14O4S2. The first-order chi connectivity index (χ1) is 9.44. The lowest BCUT2D eigenvalue weighted by Gasteiger charge is -2.26. The monoisotopic (exact) mass is 310 g/mol. The minimum atomic E-state index is -4.34. The number of thioether (sulfide) groups is 1. The molecule has 0 radical (unpaired) electrons. The van der Waals surface area contributed by atoms with E-state index in [1.807, 2.05) is 30.3 Å². The Labute approximate surface area is 121 Å². The second-order valence-electron chi connectivity index (χ2n) is 4.92. The summed E-state index contributed by atoms with van der Waals surface area (Å²) in [6.45, 7) is 0. The Morgan fingerprint density at radius 3 is 2.50 bits per heavy atom. The third-order valence-corrected chi connectivity index (χ3v) is 7.24. The van der Waals surface area contributed by atoms with Crippen LogP contribution >= 0.6 is 11.8 Å². The first kappa shape index (κ1) is 13.9. The van der Waals surface area contributed by atoms with Crippen molar-refractivity contribution in [2.45, 2.75) is 16.6 Å². The van der Waals surface area contributed by atoms with E-state index in [4.69, 9.17) is 0 Å². The lowest BCUT2D eigenvalue weighted by molar-refractivity contribution is 0.191. The fraction of sp³-hybridized carbons (Fsp3) is 0.286. The SMILES string of the molecule is O=S(=O)(O)C1(c2cccc3ccccc23)CC(O)CS1. The Morgan fingerprint density at radius 2 is 1.85 bits per heavy atom. The highest BCUT2D eigenvalue weighted by Gasteiger charge is 2.51. The van der Waals surface area contributed by atoms with Gasteiger partial charge in [0.15, 0.2) is 4.08 Å². The Balaban J connectivity index is 2.32. The molecule has 20 heavy (non-hydrogen) atoms. The van der Waals surface area contributed by atoms with Crippen LogP contribution in [0.3, 0.4) is 0 Å². The van der Waals surface area contributed by atoms with Crippen molar-refractivity contribution in [1.29, 1.82) is 0 Å². The largest absolute Gasteiger partial charge is 0.392 e. The number of aliphatic hydroxyl groups excluding tert-OH is 1. The average Bonchev–Trinajstić information content (AvgIpc) is 2.81. The summed E-state index contributed by atoms with van der Waals surface area (Å²) in [4.78, 5) is 0. The molecule has 4 nitrogen and oxygen atoms in total. The second kappa shape index (κ2) is 4.73. The maximum Gasteiger partial charge on any atom is 0.284 e. The summed E-state index contributed by atoms with van der Waals surface area (Å²) in [6.07, 6.45) is -0.731. The van der Waals surface area contributed by atoms with Crippen molar-refractivity contribution in [3.63, 3.8) is 0 Å². The van der Waals surface area contributed by atoms with Gasteiger partial charge in [-0.05, 0) is 16.3 Å². The zero-order chi connectivity index (χ0) is 14.4. The van der Waals surface area contributed by atoms with Gasteiger partial charge in [0.05, 0.1) is 6.10 Å². The molecule has 6 heteroatoms. The molecule has 0 aromatic heterocycles. The molecule has 1 saturated heterocycles. The third kappa shape index (κ3) is 2.03. The van der Waals surface area contributed by atoms with Crippen molar-refractivity contribution in [1.82, 2.24) is 0 Å². The molecule has 3 rings (SSSR count). The maximum absolute atomic E-state index is 12.0. The first-order valence-corrected chi connectivity index (χ1v) is 8.64.